The Labute approximate surface area is 257 Å². The van der Waals surface area contributed by atoms with E-state index >= 15 is 0 Å². The first-order chi connectivity index (χ1) is 21.3. The van der Waals surface area contributed by atoms with Crippen molar-refractivity contribution in [2.75, 3.05) is 31.3 Å². The highest BCUT2D eigenvalue weighted by Gasteiger charge is 2.35. The smallest absolute Gasteiger partial charge is 0.330 e. The number of hydrogen-bond donors (Lipinski definition) is 0. The maximum atomic E-state index is 11.4. The van der Waals surface area contributed by atoms with Crippen LogP contribution in [0.5, 0.6) is 11.5 Å². The van der Waals surface area contributed by atoms with Crippen molar-refractivity contribution < 1.29 is 28.5 Å². The molecule has 0 saturated carbocycles. The molecule has 0 aliphatic heterocycles. The molecule has 1 aliphatic rings. The normalized spacial score (nSPS) is 12.3. The molecule has 0 saturated heterocycles. The SMILES string of the molecule is C=CC(=O)OCCOc1cccc(N(c2cccc(OCCOC(=O)C=C)c2)c2ccc3c(c2)C(C)(C)c2ccccc2-3)c1. The van der Waals surface area contributed by atoms with E-state index in [-0.39, 0.29) is 31.8 Å². The summed E-state index contributed by atoms with van der Waals surface area (Å²) in [6.45, 7) is 12.0. The molecule has 0 atom stereocenters. The lowest BCUT2D eigenvalue weighted by molar-refractivity contribution is -0.139. The molecule has 7 nitrogen and oxygen atoms in total. The number of ether oxygens (including phenoxy) is 4. The van der Waals surface area contributed by atoms with Crippen molar-refractivity contribution >= 4 is 29.0 Å². The van der Waals surface area contributed by atoms with E-state index in [1.54, 1.807) is 0 Å². The van der Waals surface area contributed by atoms with E-state index in [1.807, 2.05) is 48.5 Å². The van der Waals surface area contributed by atoms with Crippen LogP contribution in [-0.2, 0) is 24.5 Å². The van der Waals surface area contributed by atoms with E-state index in [9.17, 15) is 9.59 Å². The third kappa shape index (κ3) is 6.52. The van der Waals surface area contributed by atoms with Crippen molar-refractivity contribution in [1.82, 2.24) is 0 Å². The lowest BCUT2D eigenvalue weighted by Crippen LogP contribution is -2.16. The number of anilines is 3. The number of fused-ring (bicyclic) bond motifs is 3. The third-order valence-corrected chi connectivity index (χ3v) is 7.50. The molecule has 224 valence electrons. The second-order valence-electron chi connectivity index (χ2n) is 10.7. The molecule has 0 spiro atoms. The van der Waals surface area contributed by atoms with Crippen molar-refractivity contribution in [3.8, 4) is 22.6 Å². The Morgan fingerprint density at radius 2 is 1.16 bits per heavy atom. The summed E-state index contributed by atoms with van der Waals surface area (Å²) in [4.78, 5) is 24.9. The molecule has 0 aromatic heterocycles. The fourth-order valence-corrected chi connectivity index (χ4v) is 5.42. The summed E-state index contributed by atoms with van der Waals surface area (Å²) in [5, 5.41) is 0. The molecular formula is C37H35NO6. The molecule has 0 bridgehead atoms. The minimum absolute atomic E-state index is 0.112. The first-order valence-corrected chi connectivity index (χ1v) is 14.4. The number of carbonyl (C=O) groups is 2. The van der Waals surface area contributed by atoms with Gasteiger partial charge in [0, 0.05) is 46.8 Å². The van der Waals surface area contributed by atoms with Crippen LogP contribution in [0.1, 0.15) is 25.0 Å². The van der Waals surface area contributed by atoms with Gasteiger partial charge in [0.1, 0.15) is 37.9 Å². The molecule has 0 amide bonds. The Kier molecular flexibility index (Phi) is 9.15. The van der Waals surface area contributed by atoms with Crippen LogP contribution in [-0.4, -0.2) is 38.4 Å². The predicted octanol–water partition coefficient (Wildman–Crippen LogP) is 7.68. The Hall–Kier alpha value is -5.30. The largest absolute Gasteiger partial charge is 0.490 e. The molecule has 1 aliphatic carbocycles. The first-order valence-electron chi connectivity index (χ1n) is 14.4. The summed E-state index contributed by atoms with van der Waals surface area (Å²) in [5.41, 5.74) is 7.57. The average Bonchev–Trinajstić information content (AvgIpc) is 3.27. The van der Waals surface area contributed by atoms with Crippen molar-refractivity contribution in [3.05, 3.63) is 127 Å². The van der Waals surface area contributed by atoms with E-state index in [2.05, 4.69) is 74.4 Å². The van der Waals surface area contributed by atoms with E-state index in [1.165, 1.54) is 22.3 Å². The fourth-order valence-electron chi connectivity index (χ4n) is 5.42. The zero-order chi connectivity index (χ0) is 31.1. The van der Waals surface area contributed by atoms with E-state index in [4.69, 9.17) is 18.9 Å². The number of nitrogens with zero attached hydrogens (tertiary/aromatic N) is 1. The minimum atomic E-state index is -0.490. The maximum Gasteiger partial charge on any atom is 0.330 e. The Bertz CT molecular complexity index is 1620. The summed E-state index contributed by atoms with van der Waals surface area (Å²) < 4.78 is 21.9. The zero-order valence-corrected chi connectivity index (χ0v) is 25.0. The van der Waals surface area contributed by atoms with Gasteiger partial charge in [0.05, 0.1) is 0 Å². The van der Waals surface area contributed by atoms with E-state index in [0.29, 0.717) is 11.5 Å². The van der Waals surface area contributed by atoms with Gasteiger partial charge in [-0.1, -0.05) is 69.5 Å². The van der Waals surface area contributed by atoms with Gasteiger partial charge in [-0.2, -0.15) is 0 Å². The predicted molar refractivity (Wildman–Crippen MR) is 172 cm³/mol. The standard InChI is InChI=1S/C37H35NO6/c1-5-35(39)43-21-19-41-29-13-9-11-26(23-29)38(27-12-10-14-30(24-27)42-20-22-44-36(40)6-2)28-17-18-32-31-15-7-8-16-33(31)37(3,4)34(32)25-28/h5-18,23-25H,1-2,19-22H2,3-4H3. The van der Waals surface area contributed by atoms with E-state index < -0.39 is 11.9 Å². The molecule has 0 N–H and O–H groups in total. The van der Waals surface area contributed by atoms with Gasteiger partial charge < -0.3 is 23.8 Å². The van der Waals surface area contributed by atoms with Gasteiger partial charge in [-0.25, -0.2) is 9.59 Å². The molecule has 4 aromatic rings. The molecule has 7 heteroatoms. The molecule has 0 radical (unpaired) electrons. The molecule has 0 unspecified atom stereocenters. The molecule has 5 rings (SSSR count). The van der Waals surface area contributed by atoms with Gasteiger partial charge >= 0.3 is 11.9 Å². The summed E-state index contributed by atoms with van der Waals surface area (Å²) in [5.74, 6) is 0.285. The van der Waals surface area contributed by atoms with Crippen molar-refractivity contribution in [2.24, 2.45) is 0 Å². The van der Waals surface area contributed by atoms with Crippen LogP contribution in [0.15, 0.2) is 116 Å². The van der Waals surface area contributed by atoms with Crippen LogP contribution in [0.25, 0.3) is 11.1 Å². The van der Waals surface area contributed by atoms with Crippen LogP contribution in [0.4, 0.5) is 17.1 Å². The lowest BCUT2D eigenvalue weighted by Gasteiger charge is -2.28. The van der Waals surface area contributed by atoms with Gasteiger partial charge in [-0.3, -0.25) is 0 Å². The van der Waals surface area contributed by atoms with Gasteiger partial charge in [0.25, 0.3) is 0 Å². The summed E-state index contributed by atoms with van der Waals surface area (Å²) in [6, 6.07) is 30.6. The molecule has 44 heavy (non-hydrogen) atoms. The van der Waals surface area contributed by atoms with Crippen LogP contribution < -0.4 is 14.4 Å². The monoisotopic (exact) mass is 589 g/mol. The van der Waals surface area contributed by atoms with Gasteiger partial charge in [0.2, 0.25) is 0 Å². The molecule has 0 fully saturated rings. The number of carbonyl (C=O) groups excluding carboxylic acids is 2. The number of hydrogen-bond acceptors (Lipinski definition) is 7. The van der Waals surface area contributed by atoms with Crippen molar-refractivity contribution in [2.45, 2.75) is 19.3 Å². The quantitative estimate of drug-likeness (QED) is 0.0900. The van der Waals surface area contributed by atoms with Crippen molar-refractivity contribution in [3.63, 3.8) is 0 Å². The average molecular weight is 590 g/mol. The van der Waals surface area contributed by atoms with Crippen LogP contribution >= 0.6 is 0 Å². The van der Waals surface area contributed by atoms with E-state index in [0.717, 1.165) is 29.2 Å². The number of benzene rings is 4. The second kappa shape index (κ2) is 13.3. The Morgan fingerprint density at radius 1 is 0.636 bits per heavy atom. The van der Waals surface area contributed by atoms with Gasteiger partial charge in [-0.05, 0) is 58.7 Å². The lowest BCUT2D eigenvalue weighted by atomic mass is 9.82. The molecule has 4 aromatic carbocycles. The highest BCUT2D eigenvalue weighted by molar-refractivity contribution is 5.86. The van der Waals surface area contributed by atoms with Crippen LogP contribution in [0, 0.1) is 0 Å². The van der Waals surface area contributed by atoms with Crippen LogP contribution in [0.2, 0.25) is 0 Å². The second-order valence-corrected chi connectivity index (χ2v) is 10.7. The summed E-state index contributed by atoms with van der Waals surface area (Å²) in [6.07, 6.45) is 2.25. The van der Waals surface area contributed by atoms with Gasteiger partial charge in [0.15, 0.2) is 0 Å². The molecular weight excluding hydrogens is 554 g/mol. The highest BCUT2D eigenvalue weighted by Crippen LogP contribution is 2.50. The summed E-state index contributed by atoms with van der Waals surface area (Å²) >= 11 is 0. The Morgan fingerprint density at radius 3 is 1.73 bits per heavy atom. The first kappa shape index (κ1) is 30.2. The maximum absolute atomic E-state index is 11.4. The van der Waals surface area contributed by atoms with Gasteiger partial charge in [-0.15, -0.1) is 0 Å². The minimum Gasteiger partial charge on any atom is -0.490 e. The molecule has 0 heterocycles. The summed E-state index contributed by atoms with van der Waals surface area (Å²) in [7, 11) is 0. The zero-order valence-electron chi connectivity index (χ0n) is 25.0. The number of rotatable bonds is 13. The highest BCUT2D eigenvalue weighted by atomic mass is 16.6. The Balaban J connectivity index is 1.49. The third-order valence-electron chi connectivity index (χ3n) is 7.50. The van der Waals surface area contributed by atoms with Crippen LogP contribution in [0.3, 0.4) is 0 Å². The fraction of sp³-hybridized carbons (Fsp3) is 0.189. The van der Waals surface area contributed by atoms with Crippen molar-refractivity contribution in [1.29, 1.82) is 0 Å². The topological polar surface area (TPSA) is 74.3 Å². The number of esters is 2.